The van der Waals surface area contributed by atoms with Crippen molar-refractivity contribution in [2.24, 2.45) is 0 Å². The molecule has 2 aliphatic heterocycles. The van der Waals surface area contributed by atoms with Crippen molar-refractivity contribution in [2.75, 3.05) is 23.4 Å². The first-order valence-electron chi connectivity index (χ1n) is 12.1. The first-order valence-corrected chi connectivity index (χ1v) is 12.1. The maximum Gasteiger partial charge on any atom is 0.416 e. The van der Waals surface area contributed by atoms with Crippen molar-refractivity contribution in [3.63, 3.8) is 0 Å². The summed E-state index contributed by atoms with van der Waals surface area (Å²) in [5.41, 5.74) is 1.51. The first kappa shape index (κ1) is 22.9. The molecule has 0 bridgehead atoms. The summed E-state index contributed by atoms with van der Waals surface area (Å²) in [5, 5.41) is 15.3. The largest absolute Gasteiger partial charge is 0.480 e. The molecule has 0 aromatic carbocycles. The van der Waals surface area contributed by atoms with E-state index in [1.54, 1.807) is 33.7 Å². The smallest absolute Gasteiger partial charge is 0.416 e. The van der Waals surface area contributed by atoms with Crippen LogP contribution >= 0.6 is 0 Å². The summed E-state index contributed by atoms with van der Waals surface area (Å²) in [4.78, 5) is 47.2. The van der Waals surface area contributed by atoms with Crippen LogP contribution in [0, 0.1) is 11.3 Å². The number of aromatic nitrogens is 3. The molecule has 3 aromatic heterocycles. The van der Waals surface area contributed by atoms with E-state index in [1.165, 1.54) is 12.3 Å². The fourth-order valence-electron chi connectivity index (χ4n) is 5.23. The molecule has 3 aliphatic rings. The predicted octanol–water partition coefficient (Wildman–Crippen LogP) is 1.53. The van der Waals surface area contributed by atoms with Gasteiger partial charge in [0.15, 0.2) is 18.2 Å². The van der Waals surface area contributed by atoms with Gasteiger partial charge in [0, 0.05) is 37.8 Å². The minimum Gasteiger partial charge on any atom is -0.480 e. The van der Waals surface area contributed by atoms with Gasteiger partial charge in [-0.05, 0) is 37.1 Å². The molecule has 12 nitrogen and oxygen atoms in total. The van der Waals surface area contributed by atoms with Crippen LogP contribution < -0.4 is 25.8 Å². The molecule has 188 valence electrons. The second-order valence-corrected chi connectivity index (χ2v) is 9.24. The number of nitrogens with one attached hydrogen (secondary N) is 2. The van der Waals surface area contributed by atoms with Crippen molar-refractivity contribution in [1.82, 2.24) is 19.9 Å². The average Bonchev–Trinajstić information content (AvgIpc) is 3.24. The number of nitriles is 1. The number of fused-ring (bicyclic) bond motifs is 3. The van der Waals surface area contributed by atoms with E-state index in [-0.39, 0.29) is 36.3 Å². The standard InChI is InChI=1S/C25H23N7O5/c26-11-14-9-18-16(28-12-14)2-6-23(34)31(18)8-7-27-15-1-3-17-20(10-15)37-25(35)32(17)21-5-4-19-24(29-21)30-22(33)13-36-19/h2,4-6,9,12,15,17,20,27H,1,3,7-8,10,13H2,(H,29,30,33)/t15-,17-,20+/m0/s1. The molecule has 12 heteroatoms. The summed E-state index contributed by atoms with van der Waals surface area (Å²) in [6, 6.07) is 10.2. The molecule has 3 aromatic rings. The van der Waals surface area contributed by atoms with E-state index in [2.05, 4.69) is 26.7 Å². The quantitative estimate of drug-likeness (QED) is 0.530. The normalized spacial score (nSPS) is 22.5. The number of anilines is 2. The number of pyridine rings is 3. The van der Waals surface area contributed by atoms with Crippen molar-refractivity contribution in [3.8, 4) is 11.8 Å². The Morgan fingerprint density at radius 1 is 1.19 bits per heavy atom. The molecule has 2 fully saturated rings. The second-order valence-electron chi connectivity index (χ2n) is 9.24. The SMILES string of the molecule is N#Cc1cnc2ccc(=O)n(CCN[C@H]3CC[C@H]4[C@@H](C3)OC(=O)N4c3ccc4c(n3)NC(=O)CO4)c2c1. The molecule has 1 saturated heterocycles. The lowest BCUT2D eigenvalue weighted by Crippen LogP contribution is -2.46. The molecular weight excluding hydrogens is 478 g/mol. The van der Waals surface area contributed by atoms with Crippen LogP contribution in [0.2, 0.25) is 0 Å². The third kappa shape index (κ3) is 4.23. The molecule has 2 N–H and O–H groups in total. The van der Waals surface area contributed by atoms with E-state index < -0.39 is 6.09 Å². The Balaban J connectivity index is 1.11. The van der Waals surface area contributed by atoms with Gasteiger partial charge in [-0.15, -0.1) is 0 Å². The first-order chi connectivity index (χ1) is 18.0. The Morgan fingerprint density at radius 2 is 2.08 bits per heavy atom. The van der Waals surface area contributed by atoms with Gasteiger partial charge in [-0.2, -0.15) is 5.26 Å². The van der Waals surface area contributed by atoms with Crippen LogP contribution in [-0.4, -0.2) is 57.9 Å². The zero-order valence-electron chi connectivity index (χ0n) is 19.7. The number of hydrogen-bond donors (Lipinski definition) is 2. The summed E-state index contributed by atoms with van der Waals surface area (Å²) < 4.78 is 12.7. The van der Waals surface area contributed by atoms with Crippen molar-refractivity contribution in [3.05, 3.63) is 52.4 Å². The highest BCUT2D eigenvalue weighted by molar-refractivity contribution is 5.95. The summed E-state index contributed by atoms with van der Waals surface area (Å²) >= 11 is 0. The van der Waals surface area contributed by atoms with E-state index in [1.807, 2.05) is 0 Å². The highest BCUT2D eigenvalue weighted by Crippen LogP contribution is 2.37. The van der Waals surface area contributed by atoms with E-state index in [0.29, 0.717) is 59.9 Å². The molecule has 0 unspecified atom stereocenters. The highest BCUT2D eigenvalue weighted by Gasteiger charge is 2.46. The van der Waals surface area contributed by atoms with E-state index in [9.17, 15) is 19.6 Å². The van der Waals surface area contributed by atoms with E-state index in [0.717, 1.165) is 6.42 Å². The third-order valence-corrected chi connectivity index (χ3v) is 6.98. The molecule has 37 heavy (non-hydrogen) atoms. The van der Waals surface area contributed by atoms with Crippen LogP contribution in [0.4, 0.5) is 16.4 Å². The summed E-state index contributed by atoms with van der Waals surface area (Å²) in [5.74, 6) is 0.874. The van der Waals surface area contributed by atoms with Gasteiger partial charge < -0.3 is 24.7 Å². The molecule has 5 heterocycles. The van der Waals surface area contributed by atoms with Gasteiger partial charge in [0.1, 0.15) is 18.0 Å². The Kier molecular flexibility index (Phi) is 5.69. The van der Waals surface area contributed by atoms with Crippen molar-refractivity contribution in [1.29, 1.82) is 5.26 Å². The number of nitrogens with zero attached hydrogens (tertiary/aromatic N) is 5. The van der Waals surface area contributed by atoms with Crippen molar-refractivity contribution < 1.29 is 19.1 Å². The Hall–Kier alpha value is -4.50. The Labute approximate surface area is 210 Å². The maximum atomic E-state index is 12.8. The number of carbonyl (C=O) groups excluding carboxylic acids is 2. The maximum absolute atomic E-state index is 12.8. The lowest BCUT2D eigenvalue weighted by molar-refractivity contribution is -0.118. The molecule has 1 saturated carbocycles. The molecule has 2 amide bonds. The highest BCUT2D eigenvalue weighted by atomic mass is 16.6. The van der Waals surface area contributed by atoms with E-state index >= 15 is 0 Å². The predicted molar refractivity (Wildman–Crippen MR) is 131 cm³/mol. The molecule has 1 aliphatic carbocycles. The zero-order valence-corrected chi connectivity index (χ0v) is 19.7. The fraction of sp³-hybridized carbons (Fsp3) is 0.360. The fourth-order valence-corrected chi connectivity index (χ4v) is 5.23. The van der Waals surface area contributed by atoms with Crippen LogP contribution in [0.1, 0.15) is 24.8 Å². The second kappa shape index (κ2) is 9.18. The number of carbonyl (C=O) groups is 2. The van der Waals surface area contributed by atoms with Crippen LogP contribution in [-0.2, 0) is 16.1 Å². The summed E-state index contributed by atoms with van der Waals surface area (Å²) in [6.07, 6.45) is 2.87. The molecular formula is C25H23N7O5. The van der Waals surface area contributed by atoms with Gasteiger partial charge in [-0.25, -0.2) is 9.78 Å². The summed E-state index contributed by atoms with van der Waals surface area (Å²) in [6.45, 7) is 0.878. The average molecular weight is 502 g/mol. The lowest BCUT2D eigenvalue weighted by Gasteiger charge is -2.33. The molecule has 3 atom stereocenters. The zero-order chi connectivity index (χ0) is 25.5. The lowest BCUT2D eigenvalue weighted by atomic mass is 9.88. The third-order valence-electron chi connectivity index (χ3n) is 6.98. The van der Waals surface area contributed by atoms with Gasteiger partial charge in [-0.1, -0.05) is 0 Å². The number of amides is 2. The van der Waals surface area contributed by atoms with Gasteiger partial charge in [0.05, 0.1) is 22.6 Å². The van der Waals surface area contributed by atoms with Gasteiger partial charge in [0.2, 0.25) is 0 Å². The topological polar surface area (TPSA) is 151 Å². The van der Waals surface area contributed by atoms with Gasteiger partial charge >= 0.3 is 6.09 Å². The minimum atomic E-state index is -0.464. The molecule has 6 rings (SSSR count). The monoisotopic (exact) mass is 501 g/mol. The minimum absolute atomic E-state index is 0.0637. The Bertz CT molecular complexity index is 1510. The molecule has 0 radical (unpaired) electrons. The van der Waals surface area contributed by atoms with Gasteiger partial charge in [-0.3, -0.25) is 19.5 Å². The number of rotatable bonds is 5. The Morgan fingerprint density at radius 3 is 2.95 bits per heavy atom. The van der Waals surface area contributed by atoms with Gasteiger partial charge in [0.25, 0.3) is 11.5 Å². The number of ether oxygens (including phenoxy) is 2. The van der Waals surface area contributed by atoms with E-state index in [4.69, 9.17) is 9.47 Å². The van der Waals surface area contributed by atoms with Crippen molar-refractivity contribution in [2.45, 2.75) is 44.0 Å². The van der Waals surface area contributed by atoms with Crippen LogP contribution in [0.25, 0.3) is 11.0 Å². The van der Waals surface area contributed by atoms with Crippen LogP contribution in [0.3, 0.4) is 0 Å². The van der Waals surface area contributed by atoms with Crippen LogP contribution in [0.5, 0.6) is 5.75 Å². The van der Waals surface area contributed by atoms with Crippen LogP contribution in [0.15, 0.2) is 41.3 Å². The number of hydrogen-bond acceptors (Lipinski definition) is 9. The summed E-state index contributed by atoms with van der Waals surface area (Å²) in [7, 11) is 0. The van der Waals surface area contributed by atoms with Crippen molar-refractivity contribution >= 4 is 34.7 Å². The molecule has 0 spiro atoms.